The molecule has 1 aromatic rings. The second-order valence-corrected chi connectivity index (χ2v) is 4.08. The van der Waals surface area contributed by atoms with Gasteiger partial charge in [0.2, 0.25) is 0 Å². The summed E-state index contributed by atoms with van der Waals surface area (Å²) < 4.78 is 33.9. The maximum atomic E-state index is 12.7. The summed E-state index contributed by atoms with van der Waals surface area (Å²) in [4.78, 5) is -0.343. The van der Waals surface area contributed by atoms with Crippen molar-refractivity contribution in [3.63, 3.8) is 0 Å². The minimum absolute atomic E-state index is 0. The van der Waals surface area contributed by atoms with Crippen LogP contribution in [0.4, 0.5) is 3.89 Å². The molecule has 0 radical (unpaired) electrons. The summed E-state index contributed by atoms with van der Waals surface area (Å²) in [6.45, 7) is 1.60. The van der Waals surface area contributed by atoms with E-state index in [1.54, 1.807) is 13.0 Å². The van der Waals surface area contributed by atoms with Crippen LogP contribution in [-0.4, -0.2) is 8.42 Å². The molecule has 1 unspecified atom stereocenters. The van der Waals surface area contributed by atoms with Crippen LogP contribution in [0, 0.1) is 0 Å². The van der Waals surface area contributed by atoms with Gasteiger partial charge in [-0.05, 0) is 18.6 Å². The predicted molar refractivity (Wildman–Crippen MR) is 54.6 cm³/mol. The summed E-state index contributed by atoms with van der Waals surface area (Å²) in [6.07, 6.45) is 0. The molecule has 0 bridgehead atoms. The molecule has 0 aromatic heterocycles. The van der Waals surface area contributed by atoms with Crippen LogP contribution in [0.15, 0.2) is 29.2 Å². The summed E-state index contributed by atoms with van der Waals surface area (Å²) in [6, 6.07) is 5.28. The number of benzene rings is 1. The lowest BCUT2D eigenvalue weighted by atomic mass is 10.1. The summed E-state index contributed by atoms with van der Waals surface area (Å²) >= 11 is 0. The van der Waals surface area contributed by atoms with Gasteiger partial charge < -0.3 is 5.73 Å². The Morgan fingerprint density at radius 1 is 1.36 bits per heavy atom. The Kier molecular flexibility index (Phi) is 4.51. The first-order valence-corrected chi connectivity index (χ1v) is 5.10. The molecule has 0 heterocycles. The van der Waals surface area contributed by atoms with E-state index in [0.717, 1.165) is 0 Å². The van der Waals surface area contributed by atoms with E-state index in [9.17, 15) is 12.3 Å². The van der Waals surface area contributed by atoms with Crippen LogP contribution in [0.25, 0.3) is 0 Å². The molecule has 0 aliphatic rings. The van der Waals surface area contributed by atoms with Gasteiger partial charge >= 0.3 is 10.2 Å². The van der Waals surface area contributed by atoms with Crippen molar-refractivity contribution in [1.29, 1.82) is 0 Å². The molecule has 0 spiro atoms. The summed E-state index contributed by atoms with van der Waals surface area (Å²) in [5.41, 5.74) is 5.78. The maximum absolute atomic E-state index is 12.7. The van der Waals surface area contributed by atoms with Crippen LogP contribution >= 0.6 is 12.4 Å². The highest BCUT2D eigenvalue weighted by atomic mass is 35.5. The lowest BCUT2D eigenvalue weighted by molar-refractivity contribution is 0.549. The molecule has 0 aliphatic heterocycles. The zero-order valence-corrected chi connectivity index (χ0v) is 9.11. The quantitative estimate of drug-likeness (QED) is 0.801. The van der Waals surface area contributed by atoms with Crippen molar-refractivity contribution in [3.8, 4) is 0 Å². The predicted octanol–water partition coefficient (Wildman–Crippen LogP) is 1.79. The second kappa shape index (κ2) is 4.72. The molecular weight excluding hydrogens is 229 g/mol. The second-order valence-electron chi connectivity index (χ2n) is 2.76. The minimum Gasteiger partial charge on any atom is -0.324 e. The average Bonchev–Trinajstić information content (AvgIpc) is 2.03. The first kappa shape index (κ1) is 13.4. The van der Waals surface area contributed by atoms with E-state index in [-0.39, 0.29) is 17.3 Å². The van der Waals surface area contributed by atoms with Gasteiger partial charge in [0.25, 0.3) is 0 Å². The topological polar surface area (TPSA) is 60.2 Å². The van der Waals surface area contributed by atoms with E-state index in [2.05, 4.69) is 0 Å². The molecular formula is C8H11ClFNO2S. The number of halogens is 2. The van der Waals surface area contributed by atoms with E-state index in [1.165, 1.54) is 18.2 Å². The highest BCUT2D eigenvalue weighted by Crippen LogP contribution is 2.21. The summed E-state index contributed by atoms with van der Waals surface area (Å²) in [5, 5.41) is 0. The van der Waals surface area contributed by atoms with Crippen molar-refractivity contribution in [2.24, 2.45) is 5.73 Å². The van der Waals surface area contributed by atoms with E-state index in [0.29, 0.717) is 5.56 Å². The fourth-order valence-corrected chi connectivity index (χ4v) is 1.86. The Morgan fingerprint density at radius 3 is 2.21 bits per heavy atom. The number of hydrogen-bond donors (Lipinski definition) is 1. The molecule has 3 nitrogen and oxygen atoms in total. The Hall–Kier alpha value is -0.650. The maximum Gasteiger partial charge on any atom is 0.332 e. The highest BCUT2D eigenvalue weighted by molar-refractivity contribution is 7.86. The van der Waals surface area contributed by atoms with Crippen molar-refractivity contribution in [2.75, 3.05) is 0 Å². The molecule has 0 saturated carbocycles. The molecule has 14 heavy (non-hydrogen) atoms. The molecule has 6 heteroatoms. The lowest BCUT2D eigenvalue weighted by Gasteiger charge is -2.08. The van der Waals surface area contributed by atoms with E-state index in [4.69, 9.17) is 5.73 Å². The number of hydrogen-bond acceptors (Lipinski definition) is 3. The van der Waals surface area contributed by atoms with Crippen LogP contribution < -0.4 is 5.73 Å². The average molecular weight is 240 g/mol. The van der Waals surface area contributed by atoms with Crippen molar-refractivity contribution in [1.82, 2.24) is 0 Å². The molecule has 2 N–H and O–H groups in total. The van der Waals surface area contributed by atoms with E-state index in [1.807, 2.05) is 0 Å². The Balaban J connectivity index is 0.00000169. The summed E-state index contributed by atoms with van der Waals surface area (Å²) in [7, 11) is -4.66. The van der Waals surface area contributed by atoms with Gasteiger partial charge in [-0.25, -0.2) is 0 Å². The van der Waals surface area contributed by atoms with Gasteiger partial charge in [-0.2, -0.15) is 8.42 Å². The van der Waals surface area contributed by atoms with Gasteiger partial charge in [-0.1, -0.05) is 18.2 Å². The Bertz CT molecular complexity index is 406. The van der Waals surface area contributed by atoms with Crippen LogP contribution in [0.5, 0.6) is 0 Å². The van der Waals surface area contributed by atoms with Crippen molar-refractivity contribution >= 4 is 22.6 Å². The van der Waals surface area contributed by atoms with Crippen LogP contribution in [0.1, 0.15) is 18.5 Å². The molecule has 1 rings (SSSR count). The molecule has 0 amide bonds. The third-order valence-electron chi connectivity index (χ3n) is 1.67. The summed E-state index contributed by atoms with van der Waals surface area (Å²) in [5.74, 6) is 0. The third-order valence-corrected chi connectivity index (χ3v) is 2.57. The first-order chi connectivity index (χ1) is 5.93. The molecule has 1 atom stereocenters. The fraction of sp³-hybridized carbons (Fsp3) is 0.250. The van der Waals surface area contributed by atoms with Gasteiger partial charge in [0, 0.05) is 6.04 Å². The van der Waals surface area contributed by atoms with Gasteiger partial charge in [0.15, 0.2) is 0 Å². The van der Waals surface area contributed by atoms with Gasteiger partial charge in [-0.3, -0.25) is 0 Å². The van der Waals surface area contributed by atoms with Crippen LogP contribution in [0.3, 0.4) is 0 Å². The van der Waals surface area contributed by atoms with Gasteiger partial charge in [0.1, 0.15) is 4.90 Å². The minimum atomic E-state index is -4.66. The molecule has 80 valence electrons. The highest BCUT2D eigenvalue weighted by Gasteiger charge is 2.17. The first-order valence-electron chi connectivity index (χ1n) is 3.72. The van der Waals surface area contributed by atoms with Crippen molar-refractivity contribution < 1.29 is 12.3 Å². The number of nitrogens with two attached hydrogens (primary N) is 1. The van der Waals surface area contributed by atoms with Gasteiger partial charge in [-0.15, -0.1) is 16.3 Å². The lowest BCUT2D eigenvalue weighted by Crippen LogP contribution is -2.09. The largest absolute Gasteiger partial charge is 0.332 e. The molecule has 0 saturated heterocycles. The molecule has 1 aromatic carbocycles. The Labute approximate surface area is 88.7 Å². The molecule has 0 aliphatic carbocycles. The number of rotatable bonds is 2. The third kappa shape index (κ3) is 2.94. The van der Waals surface area contributed by atoms with E-state index >= 15 is 0 Å². The fourth-order valence-electron chi connectivity index (χ4n) is 1.08. The Morgan fingerprint density at radius 2 is 1.86 bits per heavy atom. The standard InChI is InChI=1S/C8H10FNO2S.ClH/c1-6(10)7-4-2-3-5-8(7)13(9,11)12;/h2-6H,10H2,1H3;1H. The van der Waals surface area contributed by atoms with Crippen molar-refractivity contribution in [2.45, 2.75) is 17.9 Å². The zero-order valence-electron chi connectivity index (χ0n) is 7.48. The van der Waals surface area contributed by atoms with Crippen LogP contribution in [-0.2, 0) is 10.2 Å². The van der Waals surface area contributed by atoms with Crippen molar-refractivity contribution in [3.05, 3.63) is 29.8 Å². The monoisotopic (exact) mass is 239 g/mol. The SMILES string of the molecule is CC(N)c1ccccc1S(=O)(=O)F.Cl. The normalized spacial score (nSPS) is 13.1. The van der Waals surface area contributed by atoms with Gasteiger partial charge in [0.05, 0.1) is 0 Å². The van der Waals surface area contributed by atoms with Crippen LogP contribution in [0.2, 0.25) is 0 Å². The van der Waals surface area contributed by atoms with E-state index < -0.39 is 16.3 Å². The smallest absolute Gasteiger partial charge is 0.324 e. The molecule has 0 fully saturated rings. The zero-order chi connectivity index (χ0) is 10.1.